The van der Waals surface area contributed by atoms with Crippen LogP contribution in [0.15, 0.2) is 35.6 Å². The van der Waals surface area contributed by atoms with Crippen LogP contribution in [0.1, 0.15) is 29.4 Å². The van der Waals surface area contributed by atoms with Crippen LogP contribution in [0.5, 0.6) is 5.88 Å². The van der Waals surface area contributed by atoms with Crippen molar-refractivity contribution in [1.29, 1.82) is 0 Å². The van der Waals surface area contributed by atoms with E-state index in [1.807, 2.05) is 6.92 Å². The Labute approximate surface area is 171 Å². The number of alkyl halides is 1. The molecule has 3 N–H and O–H groups in total. The summed E-state index contributed by atoms with van der Waals surface area (Å²) in [6, 6.07) is 4.13. The lowest BCUT2D eigenvalue weighted by atomic mass is 9.82. The van der Waals surface area contributed by atoms with Crippen LogP contribution < -0.4 is 15.8 Å². The second kappa shape index (κ2) is 7.37. The molecular formula is C21H19F2N5O2. The van der Waals surface area contributed by atoms with Crippen molar-refractivity contribution in [2.45, 2.75) is 18.9 Å². The van der Waals surface area contributed by atoms with Crippen LogP contribution in [0.2, 0.25) is 0 Å². The van der Waals surface area contributed by atoms with E-state index in [2.05, 4.69) is 30.9 Å². The fourth-order valence-electron chi connectivity index (χ4n) is 4.24. The summed E-state index contributed by atoms with van der Waals surface area (Å²) in [6.07, 6.45) is 8.77. The van der Waals surface area contributed by atoms with E-state index < -0.39 is 24.1 Å². The maximum Gasteiger partial charge on any atom is 0.275 e. The predicted octanol–water partition coefficient (Wildman–Crippen LogP) is 2.65. The number of carbonyl (C=O) groups is 1. The molecule has 1 aliphatic carbocycles. The Morgan fingerprint density at radius 2 is 2.23 bits per heavy atom. The van der Waals surface area contributed by atoms with Crippen molar-refractivity contribution in [3.8, 4) is 18.2 Å². The molecule has 4 rings (SSSR count). The number of anilines is 1. The van der Waals surface area contributed by atoms with E-state index in [0.29, 0.717) is 17.9 Å². The van der Waals surface area contributed by atoms with Gasteiger partial charge in [0.15, 0.2) is 5.54 Å². The number of terminal acetylenes is 1. The maximum absolute atomic E-state index is 14.8. The van der Waals surface area contributed by atoms with Gasteiger partial charge < -0.3 is 15.8 Å². The molecule has 0 spiro atoms. The number of amides is 1. The highest BCUT2D eigenvalue weighted by Crippen LogP contribution is 2.61. The summed E-state index contributed by atoms with van der Waals surface area (Å²) in [5.74, 6) is 2.45. The number of nitrogens with one attached hydrogen (secondary N) is 1. The number of nitrogens with zero attached hydrogens (tertiary/aromatic N) is 3. The molecule has 0 saturated heterocycles. The summed E-state index contributed by atoms with van der Waals surface area (Å²) in [5.41, 5.74) is 5.29. The van der Waals surface area contributed by atoms with Crippen LogP contribution in [0.3, 0.4) is 0 Å². The maximum atomic E-state index is 14.8. The summed E-state index contributed by atoms with van der Waals surface area (Å²) in [4.78, 5) is 24.6. The van der Waals surface area contributed by atoms with Crippen molar-refractivity contribution < 1.29 is 18.3 Å². The molecule has 2 heterocycles. The minimum atomic E-state index is -1.21. The molecule has 154 valence electrons. The Kier molecular flexibility index (Phi) is 4.86. The number of aromatic nitrogens is 2. The van der Waals surface area contributed by atoms with E-state index in [9.17, 15) is 13.6 Å². The Morgan fingerprint density at radius 3 is 2.90 bits per heavy atom. The molecule has 9 heteroatoms. The van der Waals surface area contributed by atoms with Crippen LogP contribution in [-0.4, -0.2) is 28.6 Å². The van der Waals surface area contributed by atoms with Gasteiger partial charge in [0.2, 0.25) is 12.7 Å². The molecule has 0 bridgehead atoms. The standard InChI is InChI=1S/C21H19F2N5O2/c1-3-21(19-11(2)13(19)7-17(24)28-21)14-6-12(4-5-15(14)23)27-20(29)16-8-26-18(9-25-16)30-10-22/h1,4-6,8-9,11,13,19H,7,10H2,2H3,(H2,24,28)(H,27,29)/t11-,13?,19?,21+/m0/s1. The highest BCUT2D eigenvalue weighted by molar-refractivity contribution is 6.02. The van der Waals surface area contributed by atoms with Gasteiger partial charge in [-0.25, -0.2) is 23.7 Å². The number of carbonyl (C=O) groups excluding carboxylic acids is 1. The second-order valence-corrected chi connectivity index (χ2v) is 7.41. The Hall–Kier alpha value is -3.54. The SMILES string of the molecule is C#C[C@]1(c2cc(NC(=O)c3cnc(OCF)cn3)ccc2F)N=C(N)CC2C1[C@H]2C. The van der Waals surface area contributed by atoms with E-state index in [4.69, 9.17) is 12.2 Å². The summed E-state index contributed by atoms with van der Waals surface area (Å²) in [5, 5.41) is 2.64. The average molecular weight is 411 g/mol. The molecule has 4 atom stereocenters. The molecule has 7 nitrogen and oxygen atoms in total. The first-order valence-electron chi connectivity index (χ1n) is 9.33. The van der Waals surface area contributed by atoms with Crippen molar-refractivity contribution in [3.63, 3.8) is 0 Å². The lowest BCUT2D eigenvalue weighted by Gasteiger charge is -2.30. The number of nitrogens with two attached hydrogens (primary N) is 1. The Morgan fingerprint density at radius 1 is 1.43 bits per heavy atom. The molecule has 1 saturated carbocycles. The minimum Gasteiger partial charge on any atom is -0.445 e. The Balaban J connectivity index is 1.63. The average Bonchev–Trinajstić information content (AvgIpc) is 3.39. The normalized spacial score (nSPS) is 26.7. The van der Waals surface area contributed by atoms with E-state index in [0.717, 1.165) is 12.4 Å². The number of benzene rings is 1. The number of fused-ring (bicyclic) bond motifs is 1. The molecule has 1 fully saturated rings. The molecule has 1 aliphatic heterocycles. The first kappa shape index (κ1) is 19.8. The van der Waals surface area contributed by atoms with Gasteiger partial charge in [0.25, 0.3) is 5.91 Å². The summed E-state index contributed by atoms with van der Waals surface area (Å²) in [7, 11) is 0. The molecule has 1 aromatic carbocycles. The van der Waals surface area contributed by atoms with E-state index in [1.54, 1.807) is 0 Å². The van der Waals surface area contributed by atoms with Gasteiger partial charge in [-0.3, -0.25) is 4.79 Å². The number of hydrogen-bond donors (Lipinski definition) is 2. The van der Waals surface area contributed by atoms with Crippen molar-refractivity contribution in [2.75, 3.05) is 12.2 Å². The number of amidine groups is 1. The van der Waals surface area contributed by atoms with E-state index in [1.165, 1.54) is 18.2 Å². The van der Waals surface area contributed by atoms with Gasteiger partial charge in [-0.2, -0.15) is 0 Å². The molecule has 30 heavy (non-hydrogen) atoms. The van der Waals surface area contributed by atoms with Crippen LogP contribution in [0.4, 0.5) is 14.5 Å². The predicted molar refractivity (Wildman–Crippen MR) is 106 cm³/mol. The number of halogens is 2. The summed E-state index contributed by atoms with van der Waals surface area (Å²) >= 11 is 0. The number of aliphatic imine (C=N–C) groups is 1. The summed E-state index contributed by atoms with van der Waals surface area (Å²) < 4.78 is 31.5. The number of ether oxygens (including phenoxy) is 1. The first-order valence-corrected chi connectivity index (χ1v) is 9.33. The zero-order valence-electron chi connectivity index (χ0n) is 16.1. The van der Waals surface area contributed by atoms with Gasteiger partial charge >= 0.3 is 0 Å². The molecule has 1 amide bonds. The van der Waals surface area contributed by atoms with Gasteiger partial charge in [-0.05, 0) is 30.0 Å². The van der Waals surface area contributed by atoms with Crippen LogP contribution in [0, 0.1) is 35.9 Å². The smallest absolute Gasteiger partial charge is 0.275 e. The molecule has 1 aromatic heterocycles. The molecule has 2 unspecified atom stereocenters. The topological polar surface area (TPSA) is 102 Å². The van der Waals surface area contributed by atoms with Gasteiger partial charge in [-0.1, -0.05) is 12.8 Å². The van der Waals surface area contributed by atoms with Crippen LogP contribution in [-0.2, 0) is 5.54 Å². The lowest BCUT2D eigenvalue weighted by Crippen LogP contribution is -2.34. The van der Waals surface area contributed by atoms with Crippen molar-refractivity contribution in [3.05, 3.63) is 47.7 Å². The quantitative estimate of drug-likeness (QED) is 0.737. The third-order valence-corrected chi connectivity index (χ3v) is 5.73. The van der Waals surface area contributed by atoms with E-state index >= 15 is 0 Å². The molecule has 0 radical (unpaired) electrons. The highest BCUT2D eigenvalue weighted by atomic mass is 19.1. The second-order valence-electron chi connectivity index (χ2n) is 7.41. The van der Waals surface area contributed by atoms with Gasteiger partial charge in [0.1, 0.15) is 11.5 Å². The zero-order valence-corrected chi connectivity index (χ0v) is 16.1. The fourth-order valence-corrected chi connectivity index (χ4v) is 4.24. The first-order chi connectivity index (χ1) is 14.4. The molecule has 2 aliphatic rings. The Bertz CT molecular complexity index is 1070. The van der Waals surface area contributed by atoms with Crippen LogP contribution in [0.25, 0.3) is 0 Å². The highest BCUT2D eigenvalue weighted by Gasteiger charge is 2.62. The number of rotatable bonds is 5. The molecular weight excluding hydrogens is 392 g/mol. The van der Waals surface area contributed by atoms with Gasteiger partial charge in [-0.15, -0.1) is 6.42 Å². The number of hydrogen-bond acceptors (Lipinski definition) is 6. The van der Waals surface area contributed by atoms with Crippen molar-refractivity contribution in [2.24, 2.45) is 28.5 Å². The van der Waals surface area contributed by atoms with Crippen LogP contribution >= 0.6 is 0 Å². The zero-order chi connectivity index (χ0) is 21.5. The van der Waals surface area contributed by atoms with Gasteiger partial charge in [0.05, 0.1) is 18.2 Å². The van der Waals surface area contributed by atoms with Gasteiger partial charge in [0, 0.05) is 23.6 Å². The lowest BCUT2D eigenvalue weighted by molar-refractivity contribution is 0.102. The third-order valence-electron chi connectivity index (χ3n) is 5.73. The summed E-state index contributed by atoms with van der Waals surface area (Å²) in [6.45, 7) is 0.997. The van der Waals surface area contributed by atoms with Crippen molar-refractivity contribution in [1.82, 2.24) is 9.97 Å². The largest absolute Gasteiger partial charge is 0.445 e. The molecule has 2 aromatic rings. The third kappa shape index (κ3) is 3.24. The monoisotopic (exact) mass is 411 g/mol. The fraction of sp³-hybridized carbons (Fsp3) is 0.333. The van der Waals surface area contributed by atoms with Crippen molar-refractivity contribution >= 4 is 17.4 Å². The minimum absolute atomic E-state index is 0.0100. The van der Waals surface area contributed by atoms with E-state index in [-0.39, 0.29) is 34.9 Å².